The summed E-state index contributed by atoms with van der Waals surface area (Å²) in [6, 6.07) is 19.5. The number of halogens is 1. The number of nitrogens with one attached hydrogen (secondary N) is 1. The zero-order valence-corrected chi connectivity index (χ0v) is 19.8. The van der Waals surface area contributed by atoms with E-state index in [2.05, 4.69) is 5.32 Å². The maximum Gasteiger partial charge on any atom is 0.244 e. The Morgan fingerprint density at radius 3 is 2.61 bits per heavy atom. The van der Waals surface area contributed by atoms with Gasteiger partial charge in [0.1, 0.15) is 12.3 Å². The van der Waals surface area contributed by atoms with Gasteiger partial charge in [-0.1, -0.05) is 59.6 Å². The van der Waals surface area contributed by atoms with Gasteiger partial charge in [-0.25, -0.2) is 8.42 Å². The molecule has 0 saturated heterocycles. The van der Waals surface area contributed by atoms with Crippen molar-refractivity contribution in [1.82, 2.24) is 4.57 Å². The average Bonchev–Trinajstić information content (AvgIpc) is 3.13. The monoisotopic (exact) mass is 482 g/mol. The number of sulfone groups is 1. The van der Waals surface area contributed by atoms with Crippen LogP contribution in [-0.2, 0) is 26.9 Å². The first-order valence-electron chi connectivity index (χ1n) is 10.3. The zero-order valence-electron chi connectivity index (χ0n) is 18.2. The molecule has 0 aliphatic rings. The summed E-state index contributed by atoms with van der Waals surface area (Å²) >= 11 is 6.05. The number of methoxy groups -OCH3 is 1. The summed E-state index contributed by atoms with van der Waals surface area (Å²) in [6.07, 6.45) is 1.53. The van der Waals surface area contributed by atoms with Gasteiger partial charge in [0.25, 0.3) is 0 Å². The SMILES string of the molecule is COc1ccc(Cl)cc1NC(=O)Cn1cc(S(=O)(=O)Cc2cccc(C)c2)c2ccccc21. The van der Waals surface area contributed by atoms with Gasteiger partial charge in [0.05, 0.1) is 23.4 Å². The Labute approximate surface area is 197 Å². The quantitative estimate of drug-likeness (QED) is 0.391. The molecule has 1 aromatic heterocycles. The van der Waals surface area contributed by atoms with Gasteiger partial charge in [0.15, 0.2) is 9.84 Å². The van der Waals surface area contributed by atoms with Crippen LogP contribution in [0.3, 0.4) is 0 Å². The van der Waals surface area contributed by atoms with Crippen molar-refractivity contribution in [2.45, 2.75) is 24.1 Å². The number of fused-ring (bicyclic) bond motifs is 1. The highest BCUT2D eigenvalue weighted by molar-refractivity contribution is 7.90. The first-order chi connectivity index (χ1) is 15.8. The number of para-hydroxylation sites is 1. The molecule has 1 heterocycles. The molecule has 6 nitrogen and oxygen atoms in total. The topological polar surface area (TPSA) is 77.4 Å². The summed E-state index contributed by atoms with van der Waals surface area (Å²) in [5.74, 6) is 0.0275. The molecule has 0 atom stereocenters. The van der Waals surface area contributed by atoms with Gasteiger partial charge < -0.3 is 14.6 Å². The van der Waals surface area contributed by atoms with E-state index < -0.39 is 9.84 Å². The Balaban J connectivity index is 1.65. The molecule has 170 valence electrons. The van der Waals surface area contributed by atoms with E-state index in [-0.39, 0.29) is 23.1 Å². The number of carbonyl (C=O) groups excluding carboxylic acids is 1. The molecule has 0 spiro atoms. The largest absolute Gasteiger partial charge is 0.495 e. The predicted octanol–water partition coefficient (Wildman–Crippen LogP) is 5.22. The van der Waals surface area contributed by atoms with E-state index in [1.165, 1.54) is 13.3 Å². The van der Waals surface area contributed by atoms with E-state index in [1.54, 1.807) is 47.0 Å². The molecule has 0 bridgehead atoms. The van der Waals surface area contributed by atoms with Gasteiger partial charge in [-0.05, 0) is 36.8 Å². The van der Waals surface area contributed by atoms with E-state index in [9.17, 15) is 13.2 Å². The molecule has 1 N–H and O–H groups in total. The molecule has 0 fully saturated rings. The van der Waals surface area contributed by atoms with E-state index in [0.29, 0.717) is 27.4 Å². The number of benzene rings is 3. The van der Waals surface area contributed by atoms with Crippen molar-refractivity contribution in [2.75, 3.05) is 12.4 Å². The molecular weight excluding hydrogens is 460 g/mol. The molecule has 0 aliphatic heterocycles. The van der Waals surface area contributed by atoms with Crippen molar-refractivity contribution in [1.29, 1.82) is 0 Å². The summed E-state index contributed by atoms with van der Waals surface area (Å²) in [7, 11) is -2.13. The lowest BCUT2D eigenvalue weighted by atomic mass is 10.2. The molecule has 0 aliphatic carbocycles. The maximum absolute atomic E-state index is 13.3. The number of hydrogen-bond acceptors (Lipinski definition) is 4. The second kappa shape index (κ2) is 9.29. The number of aromatic nitrogens is 1. The lowest BCUT2D eigenvalue weighted by Gasteiger charge is -2.11. The number of hydrogen-bond donors (Lipinski definition) is 1. The summed E-state index contributed by atoms with van der Waals surface area (Å²) in [5.41, 5.74) is 2.82. The number of rotatable bonds is 7. The Hall–Kier alpha value is -3.29. The Morgan fingerprint density at radius 1 is 1.06 bits per heavy atom. The number of carbonyl (C=O) groups is 1. The van der Waals surface area contributed by atoms with Gasteiger partial charge in [0, 0.05) is 22.1 Å². The van der Waals surface area contributed by atoms with Crippen molar-refractivity contribution in [2.24, 2.45) is 0 Å². The van der Waals surface area contributed by atoms with Crippen LogP contribution < -0.4 is 10.1 Å². The molecule has 4 rings (SSSR count). The first-order valence-corrected chi connectivity index (χ1v) is 12.3. The highest BCUT2D eigenvalue weighted by Crippen LogP contribution is 2.30. The molecule has 0 radical (unpaired) electrons. The van der Waals surface area contributed by atoms with Crippen LogP contribution in [0.1, 0.15) is 11.1 Å². The van der Waals surface area contributed by atoms with E-state index >= 15 is 0 Å². The lowest BCUT2D eigenvalue weighted by Crippen LogP contribution is -2.18. The summed E-state index contributed by atoms with van der Waals surface area (Å²) in [4.78, 5) is 13.0. The number of aryl methyl sites for hydroxylation is 1. The molecule has 1 amide bonds. The highest BCUT2D eigenvalue weighted by Gasteiger charge is 2.22. The van der Waals surface area contributed by atoms with Crippen LogP contribution >= 0.6 is 11.6 Å². The van der Waals surface area contributed by atoms with Crippen LogP contribution in [0.25, 0.3) is 10.9 Å². The number of ether oxygens (including phenoxy) is 1. The van der Waals surface area contributed by atoms with Gasteiger partial charge in [-0.15, -0.1) is 0 Å². The van der Waals surface area contributed by atoms with E-state index in [0.717, 1.165) is 11.1 Å². The fraction of sp³-hybridized carbons (Fsp3) is 0.160. The van der Waals surface area contributed by atoms with Crippen LogP contribution in [-0.4, -0.2) is 26.0 Å². The van der Waals surface area contributed by atoms with E-state index in [1.807, 2.05) is 31.2 Å². The van der Waals surface area contributed by atoms with Crippen LogP contribution in [0.4, 0.5) is 5.69 Å². The van der Waals surface area contributed by atoms with Crippen molar-refractivity contribution < 1.29 is 17.9 Å². The molecule has 33 heavy (non-hydrogen) atoms. The van der Waals surface area contributed by atoms with Crippen LogP contribution in [0, 0.1) is 6.92 Å². The van der Waals surface area contributed by atoms with Crippen LogP contribution in [0.2, 0.25) is 5.02 Å². The third kappa shape index (κ3) is 5.05. The minimum absolute atomic E-state index is 0.0733. The van der Waals surface area contributed by atoms with Crippen molar-refractivity contribution in [3.8, 4) is 5.75 Å². The molecule has 4 aromatic rings. The van der Waals surface area contributed by atoms with Crippen molar-refractivity contribution >= 4 is 43.9 Å². The van der Waals surface area contributed by atoms with Gasteiger partial charge >= 0.3 is 0 Å². The third-order valence-corrected chi connectivity index (χ3v) is 7.22. The Bertz CT molecular complexity index is 1440. The summed E-state index contributed by atoms with van der Waals surface area (Å²) < 4.78 is 33.5. The van der Waals surface area contributed by atoms with Crippen LogP contribution in [0.5, 0.6) is 5.75 Å². The minimum atomic E-state index is -3.64. The number of amides is 1. The second-order valence-corrected chi connectivity index (χ2v) is 10.2. The maximum atomic E-state index is 13.3. The fourth-order valence-corrected chi connectivity index (χ4v) is 5.55. The van der Waals surface area contributed by atoms with Gasteiger partial charge in [0.2, 0.25) is 5.91 Å². The lowest BCUT2D eigenvalue weighted by molar-refractivity contribution is -0.116. The van der Waals surface area contributed by atoms with Crippen molar-refractivity contribution in [3.05, 3.63) is 89.1 Å². The van der Waals surface area contributed by atoms with Crippen LogP contribution in [0.15, 0.2) is 77.8 Å². The van der Waals surface area contributed by atoms with Crippen molar-refractivity contribution in [3.63, 3.8) is 0 Å². The smallest absolute Gasteiger partial charge is 0.244 e. The third-order valence-electron chi connectivity index (χ3n) is 5.28. The molecule has 8 heteroatoms. The Kier molecular flexibility index (Phi) is 6.44. The Morgan fingerprint density at radius 2 is 1.85 bits per heavy atom. The first kappa shape index (κ1) is 22.9. The average molecular weight is 483 g/mol. The number of anilines is 1. The molecule has 0 unspecified atom stereocenters. The summed E-state index contributed by atoms with van der Waals surface area (Å²) in [5, 5.41) is 3.83. The molecule has 0 saturated carbocycles. The predicted molar refractivity (Wildman–Crippen MR) is 131 cm³/mol. The molecule has 3 aromatic carbocycles. The normalized spacial score (nSPS) is 11.5. The van der Waals surface area contributed by atoms with Gasteiger partial charge in [-0.3, -0.25) is 4.79 Å². The second-order valence-electron chi connectivity index (χ2n) is 7.78. The zero-order chi connectivity index (χ0) is 23.6. The highest BCUT2D eigenvalue weighted by atomic mass is 35.5. The standard InChI is InChI=1S/C25H23ClN2O4S/c1-17-6-5-7-18(12-17)16-33(30,31)24-14-28(22-9-4-3-8-20(22)24)15-25(29)27-21-13-19(26)10-11-23(21)32-2/h3-14H,15-16H2,1-2H3,(H,27,29). The fourth-order valence-electron chi connectivity index (χ4n) is 3.81. The minimum Gasteiger partial charge on any atom is -0.495 e. The number of nitrogens with zero attached hydrogens (tertiary/aromatic N) is 1. The van der Waals surface area contributed by atoms with E-state index in [4.69, 9.17) is 16.3 Å². The van der Waals surface area contributed by atoms with Gasteiger partial charge in [-0.2, -0.15) is 0 Å². The molecular formula is C25H23ClN2O4S. The summed E-state index contributed by atoms with van der Waals surface area (Å²) in [6.45, 7) is 1.85.